The standard InChI is InChI=1S/C26H32N4O7/c1-25(2,3)36-23(34)29-22(30-24(35)37-26(4,5)6)27-18-14-10-13-17(15-18)19(21(32)33)28-20(31)16-11-8-7-9-12-16/h7-15,19H,1-6H3,(H,28,31)(H,32,33)(H2,27,29,30,34,35)/t19-/m0/s1. The van der Waals surface area contributed by atoms with E-state index < -0.39 is 41.3 Å². The molecule has 3 amide bonds. The number of rotatable bonds is 5. The van der Waals surface area contributed by atoms with Gasteiger partial charge in [0.25, 0.3) is 5.91 Å². The van der Waals surface area contributed by atoms with Crippen LogP contribution in [0.4, 0.5) is 15.3 Å². The molecule has 2 aromatic rings. The van der Waals surface area contributed by atoms with E-state index in [-0.39, 0.29) is 17.2 Å². The molecule has 0 spiro atoms. The number of carboxylic acid groups (broad SMARTS) is 1. The predicted octanol–water partition coefficient (Wildman–Crippen LogP) is 4.28. The van der Waals surface area contributed by atoms with Crippen LogP contribution in [0.5, 0.6) is 0 Å². The third-order valence-electron chi connectivity index (χ3n) is 4.24. The van der Waals surface area contributed by atoms with Crippen molar-refractivity contribution in [2.24, 2.45) is 4.99 Å². The lowest BCUT2D eigenvalue weighted by Gasteiger charge is -2.22. The molecule has 0 fully saturated rings. The zero-order chi connectivity index (χ0) is 27.8. The highest BCUT2D eigenvalue weighted by molar-refractivity contribution is 6.02. The van der Waals surface area contributed by atoms with Gasteiger partial charge in [0.15, 0.2) is 6.04 Å². The maximum absolute atomic E-state index is 12.5. The van der Waals surface area contributed by atoms with Gasteiger partial charge in [-0.2, -0.15) is 0 Å². The molecule has 0 radical (unpaired) electrons. The van der Waals surface area contributed by atoms with E-state index in [1.807, 2.05) is 0 Å². The number of aliphatic carboxylic acids is 1. The van der Waals surface area contributed by atoms with Crippen LogP contribution in [0.1, 0.15) is 63.5 Å². The molecule has 0 unspecified atom stereocenters. The number of hydrogen-bond acceptors (Lipinski definition) is 7. The molecule has 2 aromatic carbocycles. The number of benzene rings is 2. The Morgan fingerprint density at radius 2 is 1.35 bits per heavy atom. The topological polar surface area (TPSA) is 155 Å². The van der Waals surface area contributed by atoms with Gasteiger partial charge < -0.3 is 19.9 Å². The van der Waals surface area contributed by atoms with Gasteiger partial charge in [-0.1, -0.05) is 30.3 Å². The monoisotopic (exact) mass is 512 g/mol. The van der Waals surface area contributed by atoms with Crippen LogP contribution in [0.15, 0.2) is 59.6 Å². The summed E-state index contributed by atoms with van der Waals surface area (Å²) in [4.78, 5) is 53.4. The first kappa shape index (κ1) is 28.8. The Morgan fingerprint density at radius 1 is 0.811 bits per heavy atom. The first-order chi connectivity index (χ1) is 17.1. The third kappa shape index (κ3) is 10.4. The molecule has 1 atom stereocenters. The Hall–Kier alpha value is -4.41. The number of alkyl carbamates (subject to hydrolysis) is 2. The number of amides is 3. The molecule has 0 bridgehead atoms. The smallest absolute Gasteiger partial charge is 0.414 e. The Labute approximate surface area is 215 Å². The summed E-state index contributed by atoms with van der Waals surface area (Å²) >= 11 is 0. The lowest BCUT2D eigenvalue weighted by Crippen LogP contribution is -2.47. The van der Waals surface area contributed by atoms with E-state index in [0.717, 1.165) is 0 Å². The molecule has 11 nitrogen and oxygen atoms in total. The zero-order valence-electron chi connectivity index (χ0n) is 21.6. The van der Waals surface area contributed by atoms with E-state index in [4.69, 9.17) is 9.47 Å². The first-order valence-corrected chi connectivity index (χ1v) is 11.4. The molecule has 198 valence electrons. The number of nitrogens with zero attached hydrogens (tertiary/aromatic N) is 1. The maximum Gasteiger partial charge on any atom is 0.414 e. The fourth-order valence-corrected chi connectivity index (χ4v) is 2.88. The number of carbonyl (C=O) groups excluding carboxylic acids is 3. The second kappa shape index (κ2) is 12.0. The maximum atomic E-state index is 12.5. The third-order valence-corrected chi connectivity index (χ3v) is 4.24. The molecule has 4 N–H and O–H groups in total. The summed E-state index contributed by atoms with van der Waals surface area (Å²) < 4.78 is 10.4. The Bertz CT molecular complexity index is 1130. The SMILES string of the molecule is CC(C)(C)OC(=O)NC(=Nc1cccc([C@H](NC(=O)c2ccccc2)C(=O)O)c1)NC(=O)OC(C)(C)C. The number of guanidine groups is 1. The van der Waals surface area contributed by atoms with Crippen LogP contribution >= 0.6 is 0 Å². The lowest BCUT2D eigenvalue weighted by atomic mass is 10.1. The Morgan fingerprint density at radius 3 is 1.84 bits per heavy atom. The van der Waals surface area contributed by atoms with Crippen molar-refractivity contribution in [2.45, 2.75) is 58.8 Å². The highest BCUT2D eigenvalue weighted by Crippen LogP contribution is 2.21. The highest BCUT2D eigenvalue weighted by atomic mass is 16.6. The molecule has 0 aliphatic rings. The summed E-state index contributed by atoms with van der Waals surface area (Å²) in [5.41, 5.74) is -0.931. The largest absolute Gasteiger partial charge is 0.479 e. The summed E-state index contributed by atoms with van der Waals surface area (Å²) in [6, 6.07) is 12.8. The van der Waals surface area contributed by atoms with E-state index in [2.05, 4.69) is 20.9 Å². The van der Waals surface area contributed by atoms with Crippen molar-refractivity contribution < 1.29 is 33.8 Å². The molecule has 0 aromatic heterocycles. The van der Waals surface area contributed by atoms with Crippen molar-refractivity contribution >= 4 is 35.7 Å². The summed E-state index contributed by atoms with van der Waals surface area (Å²) in [5.74, 6) is -2.16. The number of aliphatic imine (C=N–C) groups is 1. The van der Waals surface area contributed by atoms with Gasteiger partial charge in [-0.05, 0) is 71.4 Å². The number of ether oxygens (including phenoxy) is 2. The average molecular weight is 513 g/mol. The van der Waals surface area contributed by atoms with E-state index in [9.17, 15) is 24.3 Å². The molecule has 11 heteroatoms. The molecule has 0 saturated carbocycles. The Kier molecular flexibility index (Phi) is 9.36. The van der Waals surface area contributed by atoms with Crippen molar-refractivity contribution in [2.75, 3.05) is 0 Å². The normalized spacial score (nSPS) is 11.9. The molecule has 0 saturated heterocycles. The average Bonchev–Trinajstić information content (AvgIpc) is 2.75. The Balaban J connectivity index is 2.35. The van der Waals surface area contributed by atoms with Crippen LogP contribution < -0.4 is 16.0 Å². The van der Waals surface area contributed by atoms with Gasteiger partial charge >= 0.3 is 18.2 Å². The van der Waals surface area contributed by atoms with Crippen LogP contribution in [-0.4, -0.2) is 46.3 Å². The summed E-state index contributed by atoms with van der Waals surface area (Å²) in [5, 5.41) is 16.9. The van der Waals surface area contributed by atoms with E-state index in [1.54, 1.807) is 71.9 Å². The van der Waals surface area contributed by atoms with Gasteiger partial charge in [0.2, 0.25) is 5.96 Å². The van der Waals surface area contributed by atoms with E-state index in [0.29, 0.717) is 5.56 Å². The number of nitrogens with one attached hydrogen (secondary N) is 3. The predicted molar refractivity (Wildman–Crippen MR) is 137 cm³/mol. The zero-order valence-corrected chi connectivity index (χ0v) is 21.6. The van der Waals surface area contributed by atoms with Gasteiger partial charge in [-0.15, -0.1) is 0 Å². The fraction of sp³-hybridized carbons (Fsp3) is 0.346. The van der Waals surface area contributed by atoms with Gasteiger partial charge in [-0.3, -0.25) is 15.4 Å². The number of hydrogen-bond donors (Lipinski definition) is 4. The highest BCUT2D eigenvalue weighted by Gasteiger charge is 2.24. The fourth-order valence-electron chi connectivity index (χ4n) is 2.88. The minimum Gasteiger partial charge on any atom is -0.479 e. The second-order valence-corrected chi connectivity index (χ2v) is 9.92. The van der Waals surface area contributed by atoms with Crippen LogP contribution in [0, 0.1) is 0 Å². The molecule has 0 aliphatic heterocycles. The first-order valence-electron chi connectivity index (χ1n) is 11.4. The van der Waals surface area contributed by atoms with Crippen molar-refractivity contribution in [3.8, 4) is 0 Å². The van der Waals surface area contributed by atoms with Crippen molar-refractivity contribution in [3.05, 3.63) is 65.7 Å². The minimum atomic E-state index is -1.39. The van der Waals surface area contributed by atoms with Crippen molar-refractivity contribution in [1.29, 1.82) is 0 Å². The molecule has 2 rings (SSSR count). The molecular weight excluding hydrogens is 480 g/mol. The van der Waals surface area contributed by atoms with Crippen molar-refractivity contribution in [3.63, 3.8) is 0 Å². The van der Waals surface area contributed by atoms with E-state index >= 15 is 0 Å². The molecule has 0 heterocycles. The van der Waals surface area contributed by atoms with E-state index in [1.165, 1.54) is 24.3 Å². The summed E-state index contributed by atoms with van der Waals surface area (Å²) in [6.45, 7) is 10.0. The molecule has 0 aliphatic carbocycles. The van der Waals surface area contributed by atoms with Gasteiger partial charge in [0.1, 0.15) is 11.2 Å². The van der Waals surface area contributed by atoms with Crippen molar-refractivity contribution in [1.82, 2.24) is 16.0 Å². The van der Waals surface area contributed by atoms with Gasteiger partial charge in [-0.25, -0.2) is 19.4 Å². The molecular formula is C26H32N4O7. The second-order valence-electron chi connectivity index (χ2n) is 9.92. The van der Waals surface area contributed by atoms with Crippen LogP contribution in [0.3, 0.4) is 0 Å². The minimum absolute atomic E-state index is 0.180. The molecule has 37 heavy (non-hydrogen) atoms. The van der Waals surface area contributed by atoms with Gasteiger partial charge in [0, 0.05) is 5.56 Å². The summed E-state index contributed by atoms with van der Waals surface area (Å²) in [7, 11) is 0. The van der Waals surface area contributed by atoms with Gasteiger partial charge in [0.05, 0.1) is 5.69 Å². The van der Waals surface area contributed by atoms with Crippen LogP contribution in [0.25, 0.3) is 0 Å². The number of carboxylic acids is 1. The van der Waals surface area contributed by atoms with Crippen LogP contribution in [0.2, 0.25) is 0 Å². The lowest BCUT2D eigenvalue weighted by molar-refractivity contribution is -0.139. The van der Waals surface area contributed by atoms with Crippen LogP contribution in [-0.2, 0) is 14.3 Å². The quantitative estimate of drug-likeness (QED) is 0.344. The number of carbonyl (C=O) groups is 4. The summed E-state index contributed by atoms with van der Waals surface area (Å²) in [6.07, 6.45) is -1.76.